The normalized spacial score (nSPS) is 24.5. The van der Waals surface area contributed by atoms with Gasteiger partial charge in [0.05, 0.1) is 12.5 Å². The SMILES string of the molecule is O=C1OC(CO)C(Cc2ccc3c(c2)OCO3)C1Cc1ccc2c(c1)OCO2. The van der Waals surface area contributed by atoms with Gasteiger partial charge in [0.2, 0.25) is 13.6 Å². The van der Waals surface area contributed by atoms with Crippen LogP contribution in [-0.2, 0) is 22.4 Å². The summed E-state index contributed by atoms with van der Waals surface area (Å²) in [5.41, 5.74) is 1.99. The van der Waals surface area contributed by atoms with Crippen molar-refractivity contribution in [2.45, 2.75) is 18.9 Å². The monoisotopic (exact) mass is 384 g/mol. The lowest BCUT2D eigenvalue weighted by Crippen LogP contribution is -2.27. The molecule has 1 saturated heterocycles. The molecule has 3 atom stereocenters. The average molecular weight is 384 g/mol. The van der Waals surface area contributed by atoms with Crippen LogP contribution in [0, 0.1) is 11.8 Å². The minimum absolute atomic E-state index is 0.136. The standard InChI is InChI=1S/C21H20O7/c22-9-20-14(5-12-1-3-16-18(7-12)26-10-24-16)15(21(23)28-20)6-13-2-4-17-19(8-13)27-11-25-17/h1-4,7-8,14-15,20,22H,5-6,9-11H2. The Morgan fingerprint density at radius 2 is 1.39 bits per heavy atom. The molecule has 0 radical (unpaired) electrons. The zero-order chi connectivity index (χ0) is 19.1. The highest BCUT2D eigenvalue weighted by atomic mass is 16.7. The predicted molar refractivity (Wildman–Crippen MR) is 96.5 cm³/mol. The summed E-state index contributed by atoms with van der Waals surface area (Å²) >= 11 is 0. The highest BCUT2D eigenvalue weighted by Gasteiger charge is 2.44. The van der Waals surface area contributed by atoms with Gasteiger partial charge in [-0.1, -0.05) is 12.1 Å². The molecule has 1 N–H and O–H groups in total. The molecule has 3 aliphatic heterocycles. The molecule has 3 heterocycles. The Balaban J connectivity index is 1.38. The second kappa shape index (κ2) is 6.91. The molecule has 0 saturated carbocycles. The van der Waals surface area contributed by atoms with Gasteiger partial charge in [-0.25, -0.2) is 0 Å². The number of aliphatic hydroxyl groups excluding tert-OH is 1. The van der Waals surface area contributed by atoms with E-state index in [4.69, 9.17) is 23.7 Å². The third-order valence-corrected chi connectivity index (χ3v) is 5.55. The smallest absolute Gasteiger partial charge is 0.310 e. The van der Waals surface area contributed by atoms with E-state index in [1.807, 2.05) is 36.4 Å². The van der Waals surface area contributed by atoms with Gasteiger partial charge in [0.25, 0.3) is 0 Å². The number of aliphatic hydroxyl groups is 1. The summed E-state index contributed by atoms with van der Waals surface area (Å²) in [7, 11) is 0. The molecule has 2 aromatic rings. The molecule has 0 aromatic heterocycles. The van der Waals surface area contributed by atoms with Gasteiger partial charge >= 0.3 is 5.97 Å². The lowest BCUT2D eigenvalue weighted by Gasteiger charge is -2.20. The van der Waals surface area contributed by atoms with Gasteiger partial charge in [-0.05, 0) is 48.2 Å². The number of hydrogen-bond donors (Lipinski definition) is 1. The quantitative estimate of drug-likeness (QED) is 0.790. The van der Waals surface area contributed by atoms with E-state index in [9.17, 15) is 9.90 Å². The van der Waals surface area contributed by atoms with Crippen molar-refractivity contribution in [2.75, 3.05) is 20.2 Å². The molecule has 28 heavy (non-hydrogen) atoms. The highest BCUT2D eigenvalue weighted by Crippen LogP contribution is 2.39. The molecule has 2 aromatic carbocycles. The highest BCUT2D eigenvalue weighted by molar-refractivity contribution is 5.76. The van der Waals surface area contributed by atoms with Crippen molar-refractivity contribution < 1.29 is 33.6 Å². The molecule has 0 bridgehead atoms. The van der Waals surface area contributed by atoms with Gasteiger partial charge in [-0.2, -0.15) is 0 Å². The Bertz CT molecular complexity index is 910. The summed E-state index contributed by atoms with van der Waals surface area (Å²) in [4.78, 5) is 12.5. The van der Waals surface area contributed by atoms with Gasteiger partial charge in [-0.3, -0.25) is 4.79 Å². The maximum absolute atomic E-state index is 12.5. The minimum atomic E-state index is -0.517. The molecule has 1 fully saturated rings. The summed E-state index contributed by atoms with van der Waals surface area (Å²) in [6, 6.07) is 11.5. The van der Waals surface area contributed by atoms with Gasteiger partial charge in [-0.15, -0.1) is 0 Å². The fourth-order valence-corrected chi connectivity index (χ4v) is 4.10. The maximum Gasteiger partial charge on any atom is 0.310 e. The molecular weight excluding hydrogens is 364 g/mol. The maximum atomic E-state index is 12.5. The van der Waals surface area contributed by atoms with E-state index in [1.54, 1.807) is 0 Å². The zero-order valence-corrected chi connectivity index (χ0v) is 15.1. The van der Waals surface area contributed by atoms with Crippen LogP contribution >= 0.6 is 0 Å². The van der Waals surface area contributed by atoms with Gasteiger partial charge < -0.3 is 28.8 Å². The van der Waals surface area contributed by atoms with Gasteiger partial charge in [0.1, 0.15) is 6.10 Å². The van der Waals surface area contributed by atoms with E-state index < -0.39 is 6.10 Å². The number of rotatable bonds is 5. The largest absolute Gasteiger partial charge is 0.459 e. The first-order valence-electron chi connectivity index (χ1n) is 9.29. The van der Waals surface area contributed by atoms with Crippen molar-refractivity contribution in [1.82, 2.24) is 0 Å². The van der Waals surface area contributed by atoms with Gasteiger partial charge in [0.15, 0.2) is 23.0 Å². The van der Waals surface area contributed by atoms with E-state index >= 15 is 0 Å². The van der Waals surface area contributed by atoms with Crippen molar-refractivity contribution in [1.29, 1.82) is 0 Å². The number of hydrogen-bond acceptors (Lipinski definition) is 7. The van der Waals surface area contributed by atoms with Crippen LogP contribution in [0.15, 0.2) is 36.4 Å². The first-order chi connectivity index (χ1) is 13.7. The van der Waals surface area contributed by atoms with Crippen molar-refractivity contribution in [3.05, 3.63) is 47.5 Å². The van der Waals surface area contributed by atoms with E-state index in [2.05, 4.69) is 0 Å². The number of carbonyl (C=O) groups excluding carboxylic acids is 1. The Hall–Kier alpha value is -2.93. The summed E-state index contributed by atoms with van der Waals surface area (Å²) in [5, 5.41) is 9.74. The molecule has 0 spiro atoms. The van der Waals surface area contributed by atoms with E-state index in [0.717, 1.165) is 16.9 Å². The number of fused-ring (bicyclic) bond motifs is 2. The topological polar surface area (TPSA) is 83.5 Å². The average Bonchev–Trinajstić information content (AvgIpc) is 3.42. The Kier molecular flexibility index (Phi) is 4.24. The van der Waals surface area contributed by atoms with Crippen LogP contribution in [0.5, 0.6) is 23.0 Å². The van der Waals surface area contributed by atoms with Crippen LogP contribution in [0.25, 0.3) is 0 Å². The fraction of sp³-hybridized carbons (Fsp3) is 0.381. The summed E-state index contributed by atoms with van der Waals surface area (Å²) in [6.45, 7) is 0.234. The van der Waals surface area contributed by atoms with Crippen LogP contribution in [-0.4, -0.2) is 37.4 Å². The molecule has 3 unspecified atom stereocenters. The first-order valence-corrected chi connectivity index (χ1v) is 9.29. The van der Waals surface area contributed by atoms with Gasteiger partial charge in [0, 0.05) is 5.92 Å². The first kappa shape index (κ1) is 17.2. The van der Waals surface area contributed by atoms with Crippen molar-refractivity contribution in [2.24, 2.45) is 11.8 Å². The van der Waals surface area contributed by atoms with Crippen molar-refractivity contribution >= 4 is 5.97 Å². The fourth-order valence-electron chi connectivity index (χ4n) is 4.10. The molecular formula is C21H20O7. The summed E-state index contributed by atoms with van der Waals surface area (Å²) in [6.07, 6.45) is 0.598. The third kappa shape index (κ3) is 3.01. The lowest BCUT2D eigenvalue weighted by molar-refractivity contribution is -0.145. The number of cyclic esters (lactones) is 1. The molecule has 7 nitrogen and oxygen atoms in total. The Labute approximate surface area is 161 Å². The molecule has 7 heteroatoms. The van der Waals surface area contributed by atoms with Crippen LogP contribution in [0.2, 0.25) is 0 Å². The number of esters is 1. The molecule has 5 rings (SSSR count). The summed E-state index contributed by atoms with van der Waals surface area (Å²) < 4.78 is 27.0. The number of carbonyl (C=O) groups is 1. The Morgan fingerprint density at radius 1 is 0.821 bits per heavy atom. The van der Waals surface area contributed by atoms with Crippen LogP contribution < -0.4 is 18.9 Å². The molecule has 0 amide bonds. The van der Waals surface area contributed by atoms with E-state index in [0.29, 0.717) is 30.1 Å². The number of ether oxygens (including phenoxy) is 5. The summed E-state index contributed by atoms with van der Waals surface area (Å²) in [5.74, 6) is 2.07. The molecule has 3 aliphatic rings. The van der Waals surface area contributed by atoms with Crippen LogP contribution in [0.3, 0.4) is 0 Å². The molecule has 0 aliphatic carbocycles. The second-order valence-corrected chi connectivity index (χ2v) is 7.21. The lowest BCUT2D eigenvalue weighted by atomic mass is 9.81. The van der Waals surface area contributed by atoms with Crippen LogP contribution in [0.4, 0.5) is 0 Å². The zero-order valence-electron chi connectivity index (χ0n) is 15.1. The molecule has 146 valence electrons. The third-order valence-electron chi connectivity index (χ3n) is 5.55. The van der Waals surface area contributed by atoms with Crippen molar-refractivity contribution in [3.8, 4) is 23.0 Å². The van der Waals surface area contributed by atoms with Crippen molar-refractivity contribution in [3.63, 3.8) is 0 Å². The van der Waals surface area contributed by atoms with E-state index in [1.165, 1.54) is 0 Å². The second-order valence-electron chi connectivity index (χ2n) is 7.21. The predicted octanol–water partition coefficient (Wildman–Crippen LogP) is 2.08. The Morgan fingerprint density at radius 3 is 2.00 bits per heavy atom. The minimum Gasteiger partial charge on any atom is -0.459 e. The number of benzene rings is 2. The van der Waals surface area contributed by atoms with E-state index in [-0.39, 0.29) is 38.0 Å². The van der Waals surface area contributed by atoms with Crippen LogP contribution in [0.1, 0.15) is 11.1 Å².